The van der Waals surface area contributed by atoms with Crippen molar-refractivity contribution in [3.05, 3.63) is 30.6 Å². The molecule has 5 heterocycles. The van der Waals surface area contributed by atoms with Gasteiger partial charge in [-0.15, -0.1) is 0 Å². The standard InChI is InChI=1S/C20H24N6O2/c1-14-13-28-11-8-26(14)18-12-17(25-6-9-27-10-7-25)15-2-4-21-20(19(15)23-18)16-3-5-22-24-16/h2-5,12,14H,6-11,13H2,1H3,(H,22,24)/t14-/m1/s1. The molecule has 8 nitrogen and oxygen atoms in total. The van der Waals surface area contributed by atoms with Gasteiger partial charge in [0.1, 0.15) is 17.0 Å². The number of nitrogens with zero attached hydrogens (tertiary/aromatic N) is 5. The van der Waals surface area contributed by atoms with E-state index in [1.54, 1.807) is 6.20 Å². The lowest BCUT2D eigenvalue weighted by atomic mass is 10.1. The van der Waals surface area contributed by atoms with Gasteiger partial charge in [-0.05, 0) is 19.1 Å². The first-order valence-corrected chi connectivity index (χ1v) is 9.78. The van der Waals surface area contributed by atoms with Crippen LogP contribution in [0, 0.1) is 0 Å². The van der Waals surface area contributed by atoms with Crippen LogP contribution in [0.4, 0.5) is 11.5 Å². The van der Waals surface area contributed by atoms with Gasteiger partial charge in [0.25, 0.3) is 0 Å². The second kappa shape index (κ2) is 7.37. The molecule has 2 fully saturated rings. The van der Waals surface area contributed by atoms with Crippen LogP contribution in [0.2, 0.25) is 0 Å². The highest BCUT2D eigenvalue weighted by atomic mass is 16.5. The second-order valence-corrected chi connectivity index (χ2v) is 7.24. The minimum absolute atomic E-state index is 0.281. The van der Waals surface area contributed by atoms with Crippen molar-refractivity contribution in [1.82, 2.24) is 20.2 Å². The summed E-state index contributed by atoms with van der Waals surface area (Å²) in [6, 6.07) is 6.48. The molecule has 8 heteroatoms. The first kappa shape index (κ1) is 17.4. The van der Waals surface area contributed by atoms with E-state index >= 15 is 0 Å². The Balaban J connectivity index is 1.70. The summed E-state index contributed by atoms with van der Waals surface area (Å²) >= 11 is 0. The molecule has 28 heavy (non-hydrogen) atoms. The molecule has 0 unspecified atom stereocenters. The summed E-state index contributed by atoms with van der Waals surface area (Å²) in [6.07, 6.45) is 3.59. The molecule has 2 aliphatic rings. The van der Waals surface area contributed by atoms with E-state index in [1.807, 2.05) is 12.3 Å². The summed E-state index contributed by atoms with van der Waals surface area (Å²) in [5, 5.41) is 8.23. The van der Waals surface area contributed by atoms with E-state index in [-0.39, 0.29) is 6.04 Å². The fraction of sp³-hybridized carbons (Fsp3) is 0.450. The molecular weight excluding hydrogens is 356 g/mol. The third kappa shape index (κ3) is 3.08. The van der Waals surface area contributed by atoms with Crippen LogP contribution in [-0.2, 0) is 9.47 Å². The van der Waals surface area contributed by atoms with Crippen LogP contribution in [0.3, 0.4) is 0 Å². The highest BCUT2D eigenvalue weighted by Crippen LogP contribution is 2.35. The molecule has 0 aliphatic carbocycles. The van der Waals surface area contributed by atoms with Gasteiger partial charge in [-0.3, -0.25) is 10.1 Å². The zero-order valence-electron chi connectivity index (χ0n) is 16.0. The van der Waals surface area contributed by atoms with E-state index in [1.165, 1.54) is 5.69 Å². The normalized spacial score (nSPS) is 20.7. The number of pyridine rings is 2. The van der Waals surface area contributed by atoms with Gasteiger partial charge in [0, 0.05) is 43.5 Å². The number of rotatable bonds is 3. The summed E-state index contributed by atoms with van der Waals surface area (Å²) in [5.74, 6) is 0.971. The predicted octanol–water partition coefficient (Wildman–Crippen LogP) is 2.08. The van der Waals surface area contributed by atoms with Crippen molar-refractivity contribution in [3.63, 3.8) is 0 Å². The summed E-state index contributed by atoms with van der Waals surface area (Å²) < 4.78 is 11.2. The largest absolute Gasteiger partial charge is 0.378 e. The molecule has 0 bridgehead atoms. The van der Waals surface area contributed by atoms with E-state index in [4.69, 9.17) is 14.5 Å². The molecular formula is C20H24N6O2. The molecule has 0 radical (unpaired) electrons. The molecule has 0 saturated carbocycles. The lowest BCUT2D eigenvalue weighted by Gasteiger charge is -2.36. The van der Waals surface area contributed by atoms with Crippen molar-refractivity contribution in [2.24, 2.45) is 0 Å². The Morgan fingerprint density at radius 2 is 1.93 bits per heavy atom. The minimum atomic E-state index is 0.281. The van der Waals surface area contributed by atoms with Crippen molar-refractivity contribution < 1.29 is 9.47 Å². The van der Waals surface area contributed by atoms with Crippen LogP contribution in [-0.4, -0.2) is 72.3 Å². The summed E-state index contributed by atoms with van der Waals surface area (Å²) in [7, 11) is 0. The molecule has 3 aromatic rings. The quantitative estimate of drug-likeness (QED) is 0.745. The molecule has 0 amide bonds. The Bertz CT molecular complexity index is 955. The number of aromatic nitrogens is 4. The van der Waals surface area contributed by atoms with Crippen LogP contribution < -0.4 is 9.80 Å². The number of hydrogen-bond acceptors (Lipinski definition) is 7. The minimum Gasteiger partial charge on any atom is -0.378 e. The van der Waals surface area contributed by atoms with Crippen molar-refractivity contribution in [2.75, 3.05) is 55.9 Å². The number of nitrogens with one attached hydrogen (secondary N) is 1. The van der Waals surface area contributed by atoms with E-state index in [0.29, 0.717) is 6.61 Å². The Kier molecular flexibility index (Phi) is 4.58. The third-order valence-electron chi connectivity index (χ3n) is 5.46. The molecule has 2 saturated heterocycles. The zero-order valence-corrected chi connectivity index (χ0v) is 16.0. The van der Waals surface area contributed by atoms with Crippen molar-refractivity contribution in [1.29, 1.82) is 0 Å². The van der Waals surface area contributed by atoms with Crippen molar-refractivity contribution in [3.8, 4) is 11.4 Å². The van der Waals surface area contributed by atoms with Gasteiger partial charge in [0.15, 0.2) is 0 Å². The van der Waals surface area contributed by atoms with Gasteiger partial charge < -0.3 is 19.3 Å². The number of ether oxygens (including phenoxy) is 2. The average molecular weight is 380 g/mol. The van der Waals surface area contributed by atoms with Gasteiger partial charge in [0.2, 0.25) is 0 Å². The van der Waals surface area contributed by atoms with E-state index in [2.05, 4.69) is 44.0 Å². The van der Waals surface area contributed by atoms with Crippen molar-refractivity contribution in [2.45, 2.75) is 13.0 Å². The molecule has 1 N–H and O–H groups in total. The average Bonchev–Trinajstić information content (AvgIpc) is 3.28. The molecule has 146 valence electrons. The summed E-state index contributed by atoms with van der Waals surface area (Å²) in [6.45, 7) is 7.68. The summed E-state index contributed by atoms with van der Waals surface area (Å²) in [5.41, 5.74) is 3.78. The fourth-order valence-electron chi connectivity index (χ4n) is 3.99. The maximum atomic E-state index is 5.63. The maximum absolute atomic E-state index is 5.63. The molecule has 5 rings (SSSR count). The third-order valence-corrected chi connectivity index (χ3v) is 5.46. The molecule has 3 aromatic heterocycles. The summed E-state index contributed by atoms with van der Waals surface area (Å²) in [4.78, 5) is 14.4. The Morgan fingerprint density at radius 1 is 1.07 bits per heavy atom. The molecule has 0 spiro atoms. The predicted molar refractivity (Wildman–Crippen MR) is 108 cm³/mol. The lowest BCUT2D eigenvalue weighted by molar-refractivity contribution is 0.0985. The van der Waals surface area contributed by atoms with Gasteiger partial charge >= 0.3 is 0 Å². The number of H-pyrrole nitrogens is 1. The van der Waals surface area contributed by atoms with E-state index in [0.717, 1.165) is 67.6 Å². The van der Waals surface area contributed by atoms with E-state index in [9.17, 15) is 0 Å². The van der Waals surface area contributed by atoms with Crippen LogP contribution in [0.15, 0.2) is 30.6 Å². The first-order valence-electron chi connectivity index (χ1n) is 9.78. The van der Waals surface area contributed by atoms with Crippen LogP contribution in [0.1, 0.15) is 6.92 Å². The fourth-order valence-corrected chi connectivity index (χ4v) is 3.99. The zero-order chi connectivity index (χ0) is 18.9. The molecule has 0 aromatic carbocycles. The number of aromatic amines is 1. The second-order valence-electron chi connectivity index (χ2n) is 7.24. The number of anilines is 2. The van der Waals surface area contributed by atoms with Gasteiger partial charge in [-0.1, -0.05) is 0 Å². The molecule has 1 atom stereocenters. The Morgan fingerprint density at radius 3 is 2.71 bits per heavy atom. The maximum Gasteiger partial charge on any atom is 0.131 e. The lowest BCUT2D eigenvalue weighted by Crippen LogP contribution is -2.44. The Labute approximate surface area is 163 Å². The van der Waals surface area contributed by atoms with Crippen LogP contribution in [0.25, 0.3) is 22.3 Å². The van der Waals surface area contributed by atoms with Gasteiger partial charge in [0.05, 0.1) is 43.9 Å². The van der Waals surface area contributed by atoms with Gasteiger partial charge in [-0.25, -0.2) is 4.98 Å². The highest BCUT2D eigenvalue weighted by molar-refractivity contribution is 6.00. The number of hydrogen-bond donors (Lipinski definition) is 1. The van der Waals surface area contributed by atoms with Crippen LogP contribution >= 0.6 is 0 Å². The van der Waals surface area contributed by atoms with E-state index < -0.39 is 0 Å². The monoisotopic (exact) mass is 380 g/mol. The van der Waals surface area contributed by atoms with Crippen LogP contribution in [0.5, 0.6) is 0 Å². The number of fused-ring (bicyclic) bond motifs is 1. The first-order chi connectivity index (χ1) is 13.8. The highest BCUT2D eigenvalue weighted by Gasteiger charge is 2.24. The Hall–Kier alpha value is -2.71. The topological polar surface area (TPSA) is 79.4 Å². The number of morpholine rings is 2. The molecule has 2 aliphatic heterocycles. The smallest absolute Gasteiger partial charge is 0.131 e. The van der Waals surface area contributed by atoms with Gasteiger partial charge in [-0.2, -0.15) is 5.10 Å². The SMILES string of the molecule is C[C@@H]1COCCN1c1cc(N2CCOCC2)c2ccnc(-c3ccn[nH]3)c2n1. The van der Waals surface area contributed by atoms with Crippen molar-refractivity contribution >= 4 is 22.4 Å².